The number of rotatable bonds is 4. The Balaban J connectivity index is 2.60. The van der Waals surface area contributed by atoms with Gasteiger partial charge < -0.3 is 5.32 Å². The van der Waals surface area contributed by atoms with Gasteiger partial charge in [-0.25, -0.2) is 23.1 Å². The summed E-state index contributed by atoms with van der Waals surface area (Å²) in [4.78, 5) is 8.57. The highest BCUT2D eigenvalue weighted by atomic mass is 127. The van der Waals surface area contributed by atoms with E-state index in [0.29, 0.717) is 18.8 Å². The number of hydrogen-bond donors (Lipinski definition) is 1. The fraction of sp³-hybridized carbons (Fsp3) is 0.286. The molecule has 21 heavy (non-hydrogen) atoms. The van der Waals surface area contributed by atoms with Crippen LogP contribution in [0.2, 0.25) is 0 Å². The van der Waals surface area contributed by atoms with Gasteiger partial charge in [0.1, 0.15) is 5.82 Å². The third kappa shape index (κ3) is 3.28. The van der Waals surface area contributed by atoms with Gasteiger partial charge in [-0.05, 0) is 48.1 Å². The molecule has 2 rings (SSSR count). The van der Waals surface area contributed by atoms with Crippen LogP contribution < -0.4 is 5.32 Å². The zero-order valence-corrected chi connectivity index (χ0v) is 13.6. The smallest absolute Gasteiger partial charge is 0.194 e. The molecule has 112 valence electrons. The van der Waals surface area contributed by atoms with E-state index in [-0.39, 0.29) is 11.4 Å². The van der Waals surface area contributed by atoms with Gasteiger partial charge in [-0.1, -0.05) is 6.92 Å². The van der Waals surface area contributed by atoms with E-state index in [1.807, 2.05) is 13.8 Å². The molecule has 0 bridgehead atoms. The Labute approximate surface area is 134 Å². The molecule has 0 amide bonds. The summed E-state index contributed by atoms with van der Waals surface area (Å²) in [5.74, 6) is -3.23. The Hall–Kier alpha value is -1.38. The largest absolute Gasteiger partial charge is 0.369 e. The van der Waals surface area contributed by atoms with Crippen molar-refractivity contribution in [3.8, 4) is 11.4 Å². The summed E-state index contributed by atoms with van der Waals surface area (Å²) in [6, 6.07) is 1.80. The first-order valence-corrected chi connectivity index (χ1v) is 7.51. The van der Waals surface area contributed by atoms with Crippen LogP contribution in [0.4, 0.5) is 19.0 Å². The highest BCUT2D eigenvalue weighted by molar-refractivity contribution is 14.1. The lowest BCUT2D eigenvalue weighted by atomic mass is 10.2. The third-order valence-electron chi connectivity index (χ3n) is 2.84. The zero-order chi connectivity index (χ0) is 15.6. The summed E-state index contributed by atoms with van der Waals surface area (Å²) in [5, 5.41) is 3.08. The Morgan fingerprint density at radius 3 is 2.24 bits per heavy atom. The van der Waals surface area contributed by atoms with Gasteiger partial charge in [-0.3, -0.25) is 0 Å². The first-order chi connectivity index (χ1) is 9.97. The van der Waals surface area contributed by atoms with Crippen LogP contribution in [0, 0.1) is 21.0 Å². The maximum absolute atomic E-state index is 13.3. The molecule has 7 heteroatoms. The van der Waals surface area contributed by atoms with Crippen LogP contribution in [0.5, 0.6) is 0 Å². The Morgan fingerprint density at radius 2 is 1.71 bits per heavy atom. The zero-order valence-electron chi connectivity index (χ0n) is 11.5. The van der Waals surface area contributed by atoms with E-state index in [9.17, 15) is 13.2 Å². The van der Waals surface area contributed by atoms with Crippen molar-refractivity contribution < 1.29 is 13.2 Å². The number of anilines is 1. The third-order valence-corrected chi connectivity index (χ3v) is 3.97. The fourth-order valence-electron chi connectivity index (χ4n) is 1.83. The normalized spacial score (nSPS) is 10.8. The predicted molar refractivity (Wildman–Crippen MR) is 83.6 cm³/mol. The van der Waals surface area contributed by atoms with Crippen molar-refractivity contribution in [2.45, 2.75) is 20.3 Å². The second kappa shape index (κ2) is 6.59. The average Bonchev–Trinajstić information content (AvgIpc) is 2.46. The molecule has 3 nitrogen and oxygen atoms in total. The SMILES string of the molecule is CCNc1nc(-c2cc(F)c(F)c(F)c2)nc(CC)c1I. The van der Waals surface area contributed by atoms with Crippen LogP contribution in [0.25, 0.3) is 11.4 Å². The second-order valence-electron chi connectivity index (χ2n) is 4.29. The summed E-state index contributed by atoms with van der Waals surface area (Å²) in [6.07, 6.45) is 0.651. The lowest BCUT2D eigenvalue weighted by molar-refractivity contribution is 0.447. The lowest BCUT2D eigenvalue weighted by Gasteiger charge is -2.11. The maximum atomic E-state index is 13.3. The first kappa shape index (κ1) is 16.0. The van der Waals surface area contributed by atoms with Crippen LogP contribution in [0.3, 0.4) is 0 Å². The highest BCUT2D eigenvalue weighted by Crippen LogP contribution is 2.26. The standard InChI is InChI=1S/C14H13F3IN3/c1-3-10-12(18)14(19-4-2)21-13(20-10)7-5-8(15)11(17)9(16)6-7/h5-6H,3-4H2,1-2H3,(H,19,20,21). The molecule has 2 aromatic rings. The van der Waals surface area contributed by atoms with Gasteiger partial charge in [0.05, 0.1) is 9.26 Å². The van der Waals surface area contributed by atoms with Crippen molar-refractivity contribution in [2.75, 3.05) is 11.9 Å². The van der Waals surface area contributed by atoms with Crippen molar-refractivity contribution in [1.82, 2.24) is 9.97 Å². The summed E-state index contributed by atoms with van der Waals surface area (Å²) >= 11 is 2.12. The second-order valence-corrected chi connectivity index (χ2v) is 5.37. The van der Waals surface area contributed by atoms with Crippen LogP contribution in [-0.2, 0) is 6.42 Å². The minimum atomic E-state index is -1.49. The van der Waals surface area contributed by atoms with Crippen LogP contribution in [-0.4, -0.2) is 16.5 Å². The fourth-order valence-corrected chi connectivity index (χ4v) is 2.64. The molecule has 0 saturated heterocycles. The molecule has 0 unspecified atom stereocenters. The van der Waals surface area contributed by atoms with Gasteiger partial charge in [0.15, 0.2) is 23.3 Å². The van der Waals surface area contributed by atoms with E-state index in [2.05, 4.69) is 37.9 Å². The van der Waals surface area contributed by atoms with Gasteiger partial charge >= 0.3 is 0 Å². The summed E-state index contributed by atoms with van der Waals surface area (Å²) in [6.45, 7) is 4.50. The molecule has 0 radical (unpaired) electrons. The van der Waals surface area contributed by atoms with Crippen molar-refractivity contribution in [2.24, 2.45) is 0 Å². The van der Waals surface area contributed by atoms with Gasteiger partial charge in [-0.15, -0.1) is 0 Å². The van der Waals surface area contributed by atoms with Gasteiger partial charge in [0.25, 0.3) is 0 Å². The molecule has 0 aliphatic rings. The summed E-state index contributed by atoms with van der Waals surface area (Å²) in [7, 11) is 0. The molecule has 0 fully saturated rings. The van der Waals surface area contributed by atoms with Gasteiger partial charge in [0.2, 0.25) is 0 Å². The molecule has 1 aromatic heterocycles. The van der Waals surface area contributed by atoms with Crippen molar-refractivity contribution >= 4 is 28.4 Å². The Bertz CT molecular complexity index is 654. The van der Waals surface area contributed by atoms with Crippen LogP contribution >= 0.6 is 22.6 Å². The molecule has 0 atom stereocenters. The van der Waals surface area contributed by atoms with Crippen molar-refractivity contribution in [1.29, 1.82) is 0 Å². The monoisotopic (exact) mass is 407 g/mol. The number of nitrogens with zero attached hydrogens (tertiary/aromatic N) is 2. The van der Waals surface area contributed by atoms with Gasteiger partial charge in [0, 0.05) is 12.1 Å². The first-order valence-electron chi connectivity index (χ1n) is 6.43. The molecule has 0 spiro atoms. The molecular weight excluding hydrogens is 394 g/mol. The molecular formula is C14H13F3IN3. The van der Waals surface area contributed by atoms with Crippen LogP contribution in [0.15, 0.2) is 12.1 Å². The summed E-state index contributed by atoms with van der Waals surface area (Å²) in [5.41, 5.74) is 0.873. The van der Waals surface area contributed by atoms with E-state index in [4.69, 9.17) is 0 Å². The van der Waals surface area contributed by atoms with Crippen molar-refractivity contribution in [3.05, 3.63) is 38.8 Å². The molecule has 1 N–H and O–H groups in total. The predicted octanol–water partition coefficient (Wildman–Crippen LogP) is 4.16. The number of benzene rings is 1. The Kier molecular flexibility index (Phi) is 5.02. The van der Waals surface area contributed by atoms with Crippen molar-refractivity contribution in [3.63, 3.8) is 0 Å². The Morgan fingerprint density at radius 1 is 1.10 bits per heavy atom. The number of nitrogens with one attached hydrogen (secondary N) is 1. The number of halogens is 4. The molecule has 1 heterocycles. The topological polar surface area (TPSA) is 37.8 Å². The van der Waals surface area contributed by atoms with E-state index in [1.54, 1.807) is 0 Å². The van der Waals surface area contributed by atoms with E-state index >= 15 is 0 Å². The number of aryl methyl sites for hydroxylation is 1. The minimum Gasteiger partial charge on any atom is -0.369 e. The number of aromatic nitrogens is 2. The van der Waals surface area contributed by atoms with Crippen LogP contribution in [0.1, 0.15) is 19.5 Å². The van der Waals surface area contributed by atoms with E-state index in [0.717, 1.165) is 21.4 Å². The maximum Gasteiger partial charge on any atom is 0.194 e. The van der Waals surface area contributed by atoms with Gasteiger partial charge in [-0.2, -0.15) is 0 Å². The highest BCUT2D eigenvalue weighted by Gasteiger charge is 2.16. The molecule has 0 aliphatic carbocycles. The quantitative estimate of drug-likeness (QED) is 0.611. The molecule has 0 aliphatic heterocycles. The van der Waals surface area contributed by atoms with E-state index < -0.39 is 17.5 Å². The molecule has 0 saturated carbocycles. The minimum absolute atomic E-state index is 0.108. The van der Waals surface area contributed by atoms with E-state index in [1.165, 1.54) is 0 Å². The average molecular weight is 407 g/mol. The summed E-state index contributed by atoms with van der Waals surface area (Å²) < 4.78 is 40.6. The lowest BCUT2D eigenvalue weighted by Crippen LogP contribution is -2.08. The molecule has 1 aromatic carbocycles. The number of hydrogen-bond acceptors (Lipinski definition) is 3.